The molecule has 0 aliphatic carbocycles. The van der Waals surface area contributed by atoms with Crippen molar-refractivity contribution in [3.05, 3.63) is 0 Å². The summed E-state index contributed by atoms with van der Waals surface area (Å²) in [6, 6.07) is 0. The molecule has 0 aromatic rings. The number of hydrogen-bond donors (Lipinski definition) is 2. The first-order chi connectivity index (χ1) is 4.95. The number of aliphatic hydroxyl groups is 2. The highest BCUT2D eigenvalue weighted by molar-refractivity contribution is 5.89. The Bertz CT molecular complexity index is 142. The predicted octanol–water partition coefficient (Wildman–Crippen LogP) is -1.18. The smallest absolute Gasteiger partial charge is 0.342 e. The minimum Gasteiger partial charge on any atom is -0.389 e. The molecule has 0 aromatic heterocycles. The van der Waals surface area contributed by atoms with E-state index in [0.29, 0.717) is 0 Å². The van der Waals surface area contributed by atoms with Gasteiger partial charge in [-0.2, -0.15) is 0 Å². The third-order valence-electron chi connectivity index (χ3n) is 0.883. The summed E-state index contributed by atoms with van der Waals surface area (Å²) in [5, 5.41) is 17.1. The molecule has 0 saturated carbocycles. The molecule has 0 amide bonds. The lowest BCUT2D eigenvalue weighted by atomic mass is 10.4. The number of ether oxygens (including phenoxy) is 1. The summed E-state index contributed by atoms with van der Waals surface area (Å²) < 4.78 is 4.00. The van der Waals surface area contributed by atoms with Crippen LogP contribution in [0, 0.1) is 0 Å². The minimum absolute atomic E-state index is 1.06. The van der Waals surface area contributed by atoms with E-state index in [9.17, 15) is 9.59 Å². The van der Waals surface area contributed by atoms with Gasteiger partial charge in [-0.25, -0.2) is 9.59 Å². The van der Waals surface area contributed by atoms with Gasteiger partial charge in [0.25, 0.3) is 0 Å². The van der Waals surface area contributed by atoms with Crippen LogP contribution < -0.4 is 0 Å². The van der Waals surface area contributed by atoms with Gasteiger partial charge in [-0.05, 0) is 13.8 Å². The summed E-state index contributed by atoms with van der Waals surface area (Å²) in [5.74, 6) is -2.12. The minimum atomic E-state index is -1.35. The van der Waals surface area contributed by atoms with Crippen LogP contribution in [-0.4, -0.2) is 34.4 Å². The van der Waals surface area contributed by atoms with Crippen molar-refractivity contribution in [1.82, 2.24) is 0 Å². The fourth-order valence-electron chi connectivity index (χ4n) is 0.270. The molecule has 1 unspecified atom stereocenters. The Morgan fingerprint density at radius 2 is 1.36 bits per heavy atom. The van der Waals surface area contributed by atoms with E-state index in [1.54, 1.807) is 0 Å². The van der Waals surface area contributed by atoms with Crippen LogP contribution in [0.1, 0.15) is 13.8 Å². The van der Waals surface area contributed by atoms with E-state index in [-0.39, 0.29) is 0 Å². The van der Waals surface area contributed by atoms with Crippen LogP contribution >= 0.6 is 0 Å². The second-order valence-electron chi connectivity index (χ2n) is 2.09. The lowest BCUT2D eigenvalue weighted by Crippen LogP contribution is -2.28. The van der Waals surface area contributed by atoms with Crippen molar-refractivity contribution in [2.24, 2.45) is 0 Å². The zero-order valence-electron chi connectivity index (χ0n) is 6.27. The first kappa shape index (κ1) is 10.1. The molecule has 11 heavy (non-hydrogen) atoms. The maximum absolute atomic E-state index is 10.5. The molecule has 2 N–H and O–H groups in total. The molecule has 64 valence electrons. The number of esters is 2. The number of aliphatic hydroxyl groups excluding tert-OH is 2. The van der Waals surface area contributed by atoms with Crippen molar-refractivity contribution in [3.63, 3.8) is 0 Å². The normalized spacial score (nSPS) is 15.3. The van der Waals surface area contributed by atoms with Gasteiger partial charge in [0, 0.05) is 0 Å². The maximum atomic E-state index is 10.5. The van der Waals surface area contributed by atoms with Gasteiger partial charge in [-0.3, -0.25) is 0 Å². The van der Waals surface area contributed by atoms with Gasteiger partial charge in [-0.1, -0.05) is 0 Å². The van der Waals surface area contributed by atoms with Crippen molar-refractivity contribution in [2.45, 2.75) is 26.1 Å². The quantitative estimate of drug-likeness (QED) is 0.394. The number of rotatable bonds is 2. The predicted molar refractivity (Wildman–Crippen MR) is 34.5 cm³/mol. The van der Waals surface area contributed by atoms with Crippen LogP contribution in [0.2, 0.25) is 0 Å². The Morgan fingerprint density at radius 1 is 1.09 bits per heavy atom. The Hall–Kier alpha value is -0.940. The molecule has 5 nitrogen and oxygen atoms in total. The third-order valence-corrected chi connectivity index (χ3v) is 0.883. The Labute approximate surface area is 63.6 Å². The second kappa shape index (κ2) is 4.05. The van der Waals surface area contributed by atoms with Gasteiger partial charge in [0.1, 0.15) is 12.2 Å². The summed E-state index contributed by atoms with van der Waals surface area (Å²) in [6.45, 7) is 2.33. The SMILES string of the molecule is CC(O)C(=O)OC(=O)[C@@H](C)O. The monoisotopic (exact) mass is 162 g/mol. The third kappa shape index (κ3) is 3.69. The van der Waals surface area contributed by atoms with E-state index < -0.39 is 24.1 Å². The Morgan fingerprint density at radius 3 is 1.55 bits per heavy atom. The Kier molecular flexibility index (Phi) is 3.70. The average Bonchev–Trinajstić information content (AvgIpc) is 1.87. The fraction of sp³-hybridized carbons (Fsp3) is 0.667. The Balaban J connectivity index is 3.86. The summed E-state index contributed by atoms with van der Waals surface area (Å²) in [5.41, 5.74) is 0. The molecule has 5 heteroatoms. The number of carbonyl (C=O) groups is 2. The van der Waals surface area contributed by atoms with E-state index in [0.717, 1.165) is 13.8 Å². The first-order valence-corrected chi connectivity index (χ1v) is 3.06. The molecule has 0 fully saturated rings. The molecular formula is C6H10O5. The highest BCUT2D eigenvalue weighted by Crippen LogP contribution is 1.91. The standard InChI is InChI=1S/C6H10O5/c1-3(7)5(9)11-6(10)4(2)8/h3-4,7-8H,1-2H3/t3-,4?/m1/s1. The van der Waals surface area contributed by atoms with Gasteiger partial charge in [0.2, 0.25) is 0 Å². The molecule has 0 aliphatic heterocycles. The fourth-order valence-corrected chi connectivity index (χ4v) is 0.270. The van der Waals surface area contributed by atoms with Crippen LogP contribution in [0.25, 0.3) is 0 Å². The summed E-state index contributed by atoms with van der Waals surface area (Å²) in [6.07, 6.45) is -2.70. The van der Waals surface area contributed by atoms with Gasteiger partial charge >= 0.3 is 11.9 Å². The van der Waals surface area contributed by atoms with Crippen molar-refractivity contribution >= 4 is 11.9 Å². The number of carbonyl (C=O) groups excluding carboxylic acids is 2. The lowest BCUT2D eigenvalue weighted by Gasteiger charge is -2.05. The molecule has 0 radical (unpaired) electrons. The van der Waals surface area contributed by atoms with Gasteiger partial charge in [0.05, 0.1) is 0 Å². The van der Waals surface area contributed by atoms with Crippen molar-refractivity contribution in [1.29, 1.82) is 0 Å². The zero-order valence-corrected chi connectivity index (χ0v) is 6.27. The molecule has 0 aliphatic rings. The molecule has 0 aromatic carbocycles. The largest absolute Gasteiger partial charge is 0.389 e. The highest BCUT2D eigenvalue weighted by atomic mass is 16.6. The summed E-state index contributed by atoms with van der Waals surface area (Å²) >= 11 is 0. The molecular weight excluding hydrogens is 152 g/mol. The topological polar surface area (TPSA) is 83.8 Å². The summed E-state index contributed by atoms with van der Waals surface area (Å²) in [4.78, 5) is 20.9. The molecule has 2 atom stereocenters. The maximum Gasteiger partial charge on any atom is 0.342 e. The van der Waals surface area contributed by atoms with Crippen molar-refractivity contribution in [3.8, 4) is 0 Å². The van der Waals surface area contributed by atoms with Gasteiger partial charge < -0.3 is 14.9 Å². The van der Waals surface area contributed by atoms with E-state index in [1.165, 1.54) is 0 Å². The van der Waals surface area contributed by atoms with Crippen LogP contribution in [-0.2, 0) is 14.3 Å². The van der Waals surface area contributed by atoms with Crippen LogP contribution in [0.4, 0.5) is 0 Å². The first-order valence-electron chi connectivity index (χ1n) is 3.06. The molecule has 0 bridgehead atoms. The highest BCUT2D eigenvalue weighted by Gasteiger charge is 2.18. The van der Waals surface area contributed by atoms with E-state index in [4.69, 9.17) is 10.2 Å². The van der Waals surface area contributed by atoms with Crippen molar-refractivity contribution < 1.29 is 24.5 Å². The molecule has 0 heterocycles. The van der Waals surface area contributed by atoms with Gasteiger partial charge in [-0.15, -0.1) is 0 Å². The van der Waals surface area contributed by atoms with E-state index in [2.05, 4.69) is 4.74 Å². The van der Waals surface area contributed by atoms with Gasteiger partial charge in [0.15, 0.2) is 0 Å². The zero-order chi connectivity index (χ0) is 9.02. The number of hydrogen-bond acceptors (Lipinski definition) is 5. The molecule has 0 spiro atoms. The van der Waals surface area contributed by atoms with E-state index >= 15 is 0 Å². The van der Waals surface area contributed by atoms with Crippen LogP contribution in [0.3, 0.4) is 0 Å². The van der Waals surface area contributed by atoms with E-state index in [1.807, 2.05) is 0 Å². The van der Waals surface area contributed by atoms with Crippen LogP contribution in [0.5, 0.6) is 0 Å². The molecule has 0 saturated heterocycles. The lowest BCUT2D eigenvalue weighted by molar-refractivity contribution is -0.170. The average molecular weight is 162 g/mol. The molecule has 0 rings (SSSR count). The second-order valence-corrected chi connectivity index (χ2v) is 2.09. The van der Waals surface area contributed by atoms with Crippen LogP contribution in [0.15, 0.2) is 0 Å². The summed E-state index contributed by atoms with van der Waals surface area (Å²) in [7, 11) is 0. The van der Waals surface area contributed by atoms with Crippen molar-refractivity contribution in [2.75, 3.05) is 0 Å².